The molecule has 0 amide bonds. The highest BCUT2D eigenvalue weighted by molar-refractivity contribution is 7.89. The van der Waals surface area contributed by atoms with Crippen molar-refractivity contribution in [3.8, 4) is 17.2 Å². The van der Waals surface area contributed by atoms with Crippen molar-refractivity contribution in [3.63, 3.8) is 0 Å². The Morgan fingerprint density at radius 3 is 2.07 bits per heavy atom. The van der Waals surface area contributed by atoms with Crippen molar-refractivity contribution in [2.75, 3.05) is 27.3 Å². The van der Waals surface area contributed by atoms with Crippen molar-refractivity contribution in [2.24, 2.45) is 0 Å². The van der Waals surface area contributed by atoms with E-state index >= 15 is 0 Å². The van der Waals surface area contributed by atoms with Crippen LogP contribution in [0.25, 0.3) is 0 Å². The second-order valence-corrected chi connectivity index (χ2v) is 8.67. The van der Waals surface area contributed by atoms with Crippen LogP contribution in [0.3, 0.4) is 0 Å². The summed E-state index contributed by atoms with van der Waals surface area (Å²) in [4.78, 5) is 12.8. The van der Waals surface area contributed by atoms with E-state index in [1.807, 2.05) is 0 Å². The molecule has 29 heavy (non-hydrogen) atoms. The molecule has 2 aromatic carbocycles. The minimum absolute atomic E-state index is 0.0841. The number of esters is 1. The topological polar surface area (TPSA) is 82.1 Å². The molecule has 1 heterocycles. The van der Waals surface area contributed by atoms with E-state index in [0.29, 0.717) is 24.6 Å². The van der Waals surface area contributed by atoms with E-state index in [9.17, 15) is 13.2 Å². The third-order valence-electron chi connectivity index (χ3n) is 4.85. The summed E-state index contributed by atoms with van der Waals surface area (Å²) in [6.07, 6.45) is 3.74. The van der Waals surface area contributed by atoms with Gasteiger partial charge in [-0.2, -0.15) is 4.31 Å². The summed E-state index contributed by atoms with van der Waals surface area (Å²) in [5, 5.41) is 0. The lowest BCUT2D eigenvalue weighted by atomic mass is 10.2. The number of benzene rings is 2. The van der Waals surface area contributed by atoms with Crippen molar-refractivity contribution in [3.05, 3.63) is 48.0 Å². The van der Waals surface area contributed by atoms with Crippen molar-refractivity contribution in [1.82, 2.24) is 4.31 Å². The molecule has 0 unspecified atom stereocenters. The number of para-hydroxylation sites is 1. The summed E-state index contributed by atoms with van der Waals surface area (Å²) >= 11 is 0. The Hall–Kier alpha value is -2.58. The first-order valence-corrected chi connectivity index (χ1v) is 10.9. The van der Waals surface area contributed by atoms with Crippen LogP contribution >= 0.6 is 0 Å². The van der Waals surface area contributed by atoms with Crippen LogP contribution in [0, 0.1) is 0 Å². The zero-order chi connectivity index (χ0) is 20.9. The Kier molecular flexibility index (Phi) is 6.76. The number of sulfonamides is 1. The summed E-state index contributed by atoms with van der Waals surface area (Å²) in [5.74, 6) is 0.126. The third kappa shape index (κ3) is 4.71. The molecular weight excluding hydrogens is 394 g/mol. The zero-order valence-corrected chi connectivity index (χ0v) is 17.4. The lowest BCUT2D eigenvalue weighted by molar-refractivity contribution is 0.0724. The van der Waals surface area contributed by atoms with Gasteiger partial charge in [0.05, 0.1) is 24.7 Å². The molecule has 3 rings (SSSR count). The molecule has 0 bridgehead atoms. The Morgan fingerprint density at radius 1 is 0.897 bits per heavy atom. The van der Waals surface area contributed by atoms with E-state index in [-0.39, 0.29) is 16.2 Å². The first kappa shape index (κ1) is 21.1. The standard InChI is InChI=1S/C21H25NO6S/c1-26-18-11-8-12-19(27-2)20(18)28-21(23)16-9-7-10-17(15-16)29(24,25)22-13-5-3-4-6-14-22/h7-12,15H,3-6,13-14H2,1-2H3. The number of nitrogens with zero attached hydrogens (tertiary/aromatic N) is 1. The van der Waals surface area contributed by atoms with Crippen molar-refractivity contribution < 1.29 is 27.4 Å². The minimum Gasteiger partial charge on any atom is -0.493 e. The maximum Gasteiger partial charge on any atom is 0.343 e. The molecule has 0 saturated carbocycles. The highest BCUT2D eigenvalue weighted by Crippen LogP contribution is 2.37. The predicted octanol–water partition coefficient (Wildman–Crippen LogP) is 3.49. The van der Waals surface area contributed by atoms with Crippen molar-refractivity contribution >= 4 is 16.0 Å². The summed E-state index contributed by atoms with van der Waals surface area (Å²) in [5.41, 5.74) is 0.133. The maximum atomic E-state index is 13.0. The second kappa shape index (κ2) is 9.28. The van der Waals surface area contributed by atoms with Gasteiger partial charge in [0.2, 0.25) is 15.8 Å². The fraction of sp³-hybridized carbons (Fsp3) is 0.381. The first-order chi connectivity index (χ1) is 14.0. The van der Waals surface area contributed by atoms with Crippen LogP contribution in [0.5, 0.6) is 17.2 Å². The number of rotatable bonds is 6. The first-order valence-electron chi connectivity index (χ1n) is 9.50. The van der Waals surface area contributed by atoms with Gasteiger partial charge in [-0.05, 0) is 43.2 Å². The molecule has 2 aromatic rings. The molecular formula is C21H25NO6S. The highest BCUT2D eigenvalue weighted by Gasteiger charge is 2.26. The highest BCUT2D eigenvalue weighted by atomic mass is 32.2. The van der Waals surface area contributed by atoms with Gasteiger partial charge in [-0.3, -0.25) is 0 Å². The van der Waals surface area contributed by atoms with E-state index in [4.69, 9.17) is 14.2 Å². The molecule has 0 N–H and O–H groups in total. The SMILES string of the molecule is COc1cccc(OC)c1OC(=O)c1cccc(S(=O)(=O)N2CCCCCC2)c1. The van der Waals surface area contributed by atoms with Crippen LogP contribution in [-0.4, -0.2) is 46.0 Å². The van der Waals surface area contributed by atoms with Crippen LogP contribution in [0.15, 0.2) is 47.4 Å². The van der Waals surface area contributed by atoms with E-state index in [1.54, 1.807) is 24.3 Å². The van der Waals surface area contributed by atoms with E-state index < -0.39 is 16.0 Å². The monoisotopic (exact) mass is 419 g/mol. The Morgan fingerprint density at radius 2 is 1.48 bits per heavy atom. The maximum absolute atomic E-state index is 13.0. The molecule has 1 saturated heterocycles. The molecule has 1 aliphatic heterocycles. The molecule has 8 heteroatoms. The number of hydrogen-bond donors (Lipinski definition) is 0. The molecule has 1 aliphatic rings. The molecule has 0 aromatic heterocycles. The number of hydrogen-bond acceptors (Lipinski definition) is 6. The minimum atomic E-state index is -3.66. The molecule has 0 aliphatic carbocycles. The van der Waals surface area contributed by atoms with Crippen molar-refractivity contribution in [2.45, 2.75) is 30.6 Å². The Bertz CT molecular complexity index is 943. The normalized spacial score (nSPS) is 15.4. The lowest BCUT2D eigenvalue weighted by Crippen LogP contribution is -2.32. The van der Waals surface area contributed by atoms with Gasteiger partial charge in [-0.1, -0.05) is 25.0 Å². The number of ether oxygens (including phenoxy) is 3. The Labute approximate surface area is 171 Å². The van der Waals surface area contributed by atoms with Crippen LogP contribution in [0.1, 0.15) is 36.0 Å². The summed E-state index contributed by atoms with van der Waals surface area (Å²) < 4.78 is 43.5. The average molecular weight is 419 g/mol. The third-order valence-corrected chi connectivity index (χ3v) is 6.74. The average Bonchev–Trinajstić information content (AvgIpc) is 3.04. The van der Waals surface area contributed by atoms with Crippen LogP contribution in [0.4, 0.5) is 0 Å². The van der Waals surface area contributed by atoms with Gasteiger partial charge in [0.1, 0.15) is 0 Å². The van der Waals surface area contributed by atoms with Gasteiger partial charge in [-0.15, -0.1) is 0 Å². The van der Waals surface area contributed by atoms with Crippen LogP contribution < -0.4 is 14.2 Å². The van der Waals surface area contributed by atoms with Gasteiger partial charge in [0.15, 0.2) is 11.5 Å². The molecule has 156 valence electrons. The Balaban J connectivity index is 1.87. The zero-order valence-electron chi connectivity index (χ0n) is 16.6. The fourth-order valence-corrected chi connectivity index (χ4v) is 4.85. The lowest BCUT2D eigenvalue weighted by Gasteiger charge is -2.20. The predicted molar refractivity (Wildman–Crippen MR) is 108 cm³/mol. The molecule has 0 spiro atoms. The van der Waals surface area contributed by atoms with Gasteiger partial charge in [-0.25, -0.2) is 13.2 Å². The van der Waals surface area contributed by atoms with E-state index in [2.05, 4.69) is 0 Å². The van der Waals surface area contributed by atoms with Crippen LogP contribution in [-0.2, 0) is 10.0 Å². The quantitative estimate of drug-likeness (QED) is 0.527. The van der Waals surface area contributed by atoms with Gasteiger partial charge in [0, 0.05) is 13.1 Å². The van der Waals surface area contributed by atoms with Gasteiger partial charge in [0.25, 0.3) is 0 Å². The van der Waals surface area contributed by atoms with Crippen molar-refractivity contribution in [1.29, 1.82) is 0 Å². The number of methoxy groups -OCH3 is 2. The smallest absolute Gasteiger partial charge is 0.343 e. The summed E-state index contributed by atoms with van der Waals surface area (Å²) in [7, 11) is -0.746. The second-order valence-electron chi connectivity index (χ2n) is 6.73. The van der Waals surface area contributed by atoms with Crippen LogP contribution in [0.2, 0.25) is 0 Å². The number of carbonyl (C=O) groups is 1. The van der Waals surface area contributed by atoms with Gasteiger partial charge < -0.3 is 14.2 Å². The summed E-state index contributed by atoms with van der Waals surface area (Å²) in [6.45, 7) is 0.991. The molecule has 0 atom stereocenters. The largest absolute Gasteiger partial charge is 0.493 e. The summed E-state index contributed by atoms with van der Waals surface area (Å²) in [6, 6.07) is 10.9. The van der Waals surface area contributed by atoms with E-state index in [0.717, 1.165) is 25.7 Å². The molecule has 1 fully saturated rings. The molecule has 0 radical (unpaired) electrons. The number of carbonyl (C=O) groups excluding carboxylic acids is 1. The van der Waals surface area contributed by atoms with E-state index in [1.165, 1.54) is 36.7 Å². The van der Waals surface area contributed by atoms with Gasteiger partial charge >= 0.3 is 5.97 Å². The molecule has 7 nitrogen and oxygen atoms in total. The fourth-order valence-electron chi connectivity index (χ4n) is 3.28.